The first kappa shape index (κ1) is 16.6. The second-order valence-electron chi connectivity index (χ2n) is 6.18. The van der Waals surface area contributed by atoms with Crippen LogP contribution in [0.5, 0.6) is 0 Å². The molecule has 2 amide bonds. The lowest BCUT2D eigenvalue weighted by atomic mass is 10.1. The lowest BCUT2D eigenvalue weighted by molar-refractivity contribution is -0.118. The molecule has 1 aromatic rings. The van der Waals surface area contributed by atoms with Gasteiger partial charge in [-0.15, -0.1) is 0 Å². The maximum atomic E-state index is 11.9. The predicted molar refractivity (Wildman–Crippen MR) is 94.4 cm³/mol. The lowest BCUT2D eigenvalue weighted by Crippen LogP contribution is -2.32. The van der Waals surface area contributed by atoms with Crippen molar-refractivity contribution < 1.29 is 9.59 Å². The van der Waals surface area contributed by atoms with Gasteiger partial charge in [-0.05, 0) is 44.6 Å². The van der Waals surface area contributed by atoms with E-state index in [4.69, 9.17) is 11.6 Å². The van der Waals surface area contributed by atoms with E-state index in [9.17, 15) is 9.59 Å². The van der Waals surface area contributed by atoms with Gasteiger partial charge < -0.3 is 9.80 Å². The number of carbonyl (C=O) groups excluding carboxylic acids is 2. The quantitative estimate of drug-likeness (QED) is 0.900. The zero-order valence-corrected chi connectivity index (χ0v) is 14.8. The molecular formula is C16H20ClN3O2S. The molecule has 2 saturated heterocycles. The van der Waals surface area contributed by atoms with E-state index in [1.807, 2.05) is 12.1 Å². The minimum atomic E-state index is -0.395. The molecule has 1 N–H and O–H groups in total. The number of nitrogens with one attached hydrogen (secondary N) is 1. The molecule has 2 heterocycles. The molecule has 1 unspecified atom stereocenters. The number of hydrogen-bond acceptors (Lipinski definition) is 5. The molecule has 7 heteroatoms. The van der Waals surface area contributed by atoms with Gasteiger partial charge in [0.25, 0.3) is 5.24 Å². The summed E-state index contributed by atoms with van der Waals surface area (Å²) < 4.78 is 0. The van der Waals surface area contributed by atoms with Gasteiger partial charge in [-0.25, -0.2) is 0 Å². The van der Waals surface area contributed by atoms with Crippen molar-refractivity contribution in [1.82, 2.24) is 10.2 Å². The highest BCUT2D eigenvalue weighted by atomic mass is 35.5. The summed E-state index contributed by atoms with van der Waals surface area (Å²) in [6.45, 7) is 1.92. The maximum absolute atomic E-state index is 11.9. The first-order valence-electron chi connectivity index (χ1n) is 7.66. The first-order valence-corrected chi connectivity index (χ1v) is 8.91. The van der Waals surface area contributed by atoms with E-state index in [1.165, 1.54) is 0 Å². The van der Waals surface area contributed by atoms with Crippen molar-refractivity contribution in [2.45, 2.75) is 24.1 Å². The molecule has 0 spiro atoms. The van der Waals surface area contributed by atoms with Crippen molar-refractivity contribution in [3.05, 3.63) is 28.8 Å². The molecule has 2 atom stereocenters. The van der Waals surface area contributed by atoms with Crippen LogP contribution in [-0.2, 0) is 11.2 Å². The van der Waals surface area contributed by atoms with Crippen molar-refractivity contribution in [3.63, 3.8) is 0 Å². The Morgan fingerprint density at radius 2 is 2.17 bits per heavy atom. The second-order valence-corrected chi connectivity index (χ2v) is 7.76. The Morgan fingerprint density at radius 3 is 2.78 bits per heavy atom. The van der Waals surface area contributed by atoms with Gasteiger partial charge in [0.15, 0.2) is 0 Å². The van der Waals surface area contributed by atoms with Crippen LogP contribution in [0, 0.1) is 0 Å². The zero-order valence-electron chi connectivity index (χ0n) is 13.2. The number of anilines is 1. The molecule has 2 aliphatic heterocycles. The molecule has 2 fully saturated rings. The highest BCUT2D eigenvalue weighted by Gasteiger charge is 2.34. The van der Waals surface area contributed by atoms with Gasteiger partial charge in [-0.1, -0.05) is 29.4 Å². The van der Waals surface area contributed by atoms with Crippen LogP contribution in [0.3, 0.4) is 0 Å². The standard InChI is InChI=1S/C16H20ClN3O2S/c1-19(2)10-6-7-20(9-10)13-5-3-4-12(17)11(13)8-14-15(21)18-16(22)23-14/h3-5,10,14H,6-9H2,1-2H3,(H,18,21,22)/t10-,14?/m0/s1. The smallest absolute Gasteiger partial charge is 0.286 e. The van der Waals surface area contributed by atoms with Crippen LogP contribution >= 0.6 is 23.4 Å². The number of halogens is 1. The molecule has 2 aliphatic rings. The van der Waals surface area contributed by atoms with Crippen LogP contribution in [-0.4, -0.2) is 54.5 Å². The first-order chi connectivity index (χ1) is 11.0. The summed E-state index contributed by atoms with van der Waals surface area (Å²) in [7, 11) is 4.19. The third-order valence-corrected chi connectivity index (χ3v) is 5.82. The third-order valence-electron chi connectivity index (χ3n) is 4.49. The second kappa shape index (κ2) is 6.71. The Bertz CT molecular complexity index is 638. The van der Waals surface area contributed by atoms with E-state index in [1.54, 1.807) is 0 Å². The Labute approximate surface area is 145 Å². The number of likely N-dealkylation sites (N-methyl/N-ethyl adjacent to an activating group) is 1. The SMILES string of the molecule is CN(C)[C@H]1CCN(c2cccc(Cl)c2CC2SC(=O)NC2=O)C1. The molecule has 0 bridgehead atoms. The summed E-state index contributed by atoms with van der Waals surface area (Å²) >= 11 is 7.46. The number of benzene rings is 1. The summed E-state index contributed by atoms with van der Waals surface area (Å²) in [5.41, 5.74) is 2.03. The van der Waals surface area contributed by atoms with Gasteiger partial charge in [0.05, 0.1) is 5.25 Å². The normalized spacial score (nSPS) is 24.6. The van der Waals surface area contributed by atoms with E-state index < -0.39 is 5.25 Å². The molecule has 0 saturated carbocycles. The summed E-state index contributed by atoms with van der Waals surface area (Å²) in [6, 6.07) is 6.36. The van der Waals surface area contributed by atoms with Crippen LogP contribution in [0.1, 0.15) is 12.0 Å². The maximum Gasteiger partial charge on any atom is 0.286 e. The number of nitrogens with zero attached hydrogens (tertiary/aromatic N) is 2. The van der Waals surface area contributed by atoms with E-state index in [2.05, 4.69) is 35.3 Å². The fraction of sp³-hybridized carbons (Fsp3) is 0.500. The van der Waals surface area contributed by atoms with Gasteiger partial charge in [-0.3, -0.25) is 14.9 Å². The van der Waals surface area contributed by atoms with E-state index in [-0.39, 0.29) is 11.1 Å². The molecule has 0 aromatic heterocycles. The lowest BCUT2D eigenvalue weighted by Gasteiger charge is -2.25. The number of amides is 2. The average Bonchev–Trinajstić information content (AvgIpc) is 3.08. The van der Waals surface area contributed by atoms with Crippen LogP contribution < -0.4 is 10.2 Å². The summed E-state index contributed by atoms with van der Waals surface area (Å²) in [4.78, 5) is 27.8. The fourth-order valence-electron chi connectivity index (χ4n) is 3.14. The van der Waals surface area contributed by atoms with Gasteiger partial charge in [0, 0.05) is 29.8 Å². The molecule has 0 radical (unpaired) electrons. The van der Waals surface area contributed by atoms with E-state index in [0.29, 0.717) is 17.5 Å². The monoisotopic (exact) mass is 353 g/mol. The molecule has 124 valence electrons. The zero-order chi connectivity index (χ0) is 16.6. The summed E-state index contributed by atoms with van der Waals surface area (Å²) in [5, 5.41) is 2.32. The number of rotatable bonds is 4. The molecule has 0 aliphatic carbocycles. The third kappa shape index (κ3) is 3.49. The minimum Gasteiger partial charge on any atom is -0.370 e. The summed E-state index contributed by atoms with van der Waals surface area (Å²) in [6.07, 6.45) is 1.58. The Kier molecular flexibility index (Phi) is 4.85. The molecular weight excluding hydrogens is 334 g/mol. The fourth-order valence-corrected chi connectivity index (χ4v) is 4.22. The summed E-state index contributed by atoms with van der Waals surface area (Å²) in [5.74, 6) is -0.224. The van der Waals surface area contributed by atoms with E-state index in [0.717, 1.165) is 42.5 Å². The topological polar surface area (TPSA) is 52.6 Å². The van der Waals surface area contributed by atoms with Crippen molar-refractivity contribution in [3.8, 4) is 0 Å². The van der Waals surface area contributed by atoms with Gasteiger partial charge >= 0.3 is 0 Å². The van der Waals surface area contributed by atoms with Crippen LogP contribution in [0.2, 0.25) is 5.02 Å². The van der Waals surface area contributed by atoms with Gasteiger partial charge in [0.2, 0.25) is 5.91 Å². The van der Waals surface area contributed by atoms with Gasteiger partial charge in [-0.2, -0.15) is 0 Å². The van der Waals surface area contributed by atoms with Gasteiger partial charge in [0.1, 0.15) is 0 Å². The van der Waals surface area contributed by atoms with Crippen LogP contribution in [0.25, 0.3) is 0 Å². The highest BCUT2D eigenvalue weighted by Crippen LogP contribution is 2.34. The molecule has 23 heavy (non-hydrogen) atoms. The average molecular weight is 354 g/mol. The largest absolute Gasteiger partial charge is 0.370 e. The molecule has 3 rings (SSSR count). The highest BCUT2D eigenvalue weighted by molar-refractivity contribution is 8.15. The number of thioether (sulfide) groups is 1. The molecule has 1 aromatic carbocycles. The van der Waals surface area contributed by atoms with Crippen molar-refractivity contribution in [2.75, 3.05) is 32.1 Å². The van der Waals surface area contributed by atoms with Crippen LogP contribution in [0.4, 0.5) is 10.5 Å². The van der Waals surface area contributed by atoms with E-state index >= 15 is 0 Å². The number of hydrogen-bond donors (Lipinski definition) is 1. The van der Waals surface area contributed by atoms with Crippen LogP contribution in [0.15, 0.2) is 18.2 Å². The number of imide groups is 1. The Hall–Kier alpha value is -1.24. The predicted octanol–water partition coefficient (Wildman–Crippen LogP) is 2.37. The minimum absolute atomic E-state index is 0.224. The van der Waals surface area contributed by atoms with Crippen molar-refractivity contribution in [1.29, 1.82) is 0 Å². The Balaban J connectivity index is 1.83. The van der Waals surface area contributed by atoms with Crippen molar-refractivity contribution >= 4 is 40.2 Å². The Morgan fingerprint density at radius 1 is 1.39 bits per heavy atom. The number of carbonyl (C=O) groups is 2. The van der Waals surface area contributed by atoms with Crippen molar-refractivity contribution in [2.24, 2.45) is 0 Å². The molecule has 5 nitrogen and oxygen atoms in total.